The van der Waals surface area contributed by atoms with Gasteiger partial charge in [-0.2, -0.15) is 4.98 Å². The molecule has 0 saturated heterocycles. The zero-order chi connectivity index (χ0) is 17.1. The Labute approximate surface area is 143 Å². The third-order valence-electron chi connectivity index (χ3n) is 4.43. The lowest BCUT2D eigenvalue weighted by molar-refractivity contribution is 0.281. The van der Waals surface area contributed by atoms with Crippen LogP contribution in [0.15, 0.2) is 30.3 Å². The molecule has 0 radical (unpaired) electrons. The second-order valence-corrected chi connectivity index (χ2v) is 6.80. The number of aliphatic hydroxyl groups is 1. The van der Waals surface area contributed by atoms with Gasteiger partial charge in [-0.3, -0.25) is 0 Å². The van der Waals surface area contributed by atoms with Crippen molar-refractivity contribution < 1.29 is 5.11 Å². The Balaban J connectivity index is 1.89. The van der Waals surface area contributed by atoms with Crippen LogP contribution in [0.1, 0.15) is 43.5 Å². The molecule has 1 aliphatic heterocycles. The minimum absolute atomic E-state index is 0.0572. The lowest BCUT2D eigenvalue weighted by Crippen LogP contribution is -2.31. The topological polar surface area (TPSA) is 61.3 Å². The summed E-state index contributed by atoms with van der Waals surface area (Å²) in [4.78, 5) is 11.6. The van der Waals surface area contributed by atoms with Crippen LogP contribution in [-0.2, 0) is 13.0 Å². The molecule has 0 unspecified atom stereocenters. The fraction of sp³-hybridized carbons (Fsp3) is 0.474. The lowest BCUT2D eigenvalue weighted by atomic mass is 10.00. The number of rotatable bonds is 5. The first-order valence-corrected chi connectivity index (χ1v) is 8.65. The summed E-state index contributed by atoms with van der Waals surface area (Å²) >= 11 is 0. The van der Waals surface area contributed by atoms with Gasteiger partial charge in [-0.15, -0.1) is 0 Å². The summed E-state index contributed by atoms with van der Waals surface area (Å²) in [6.07, 6.45) is 1.03. The van der Waals surface area contributed by atoms with Crippen LogP contribution in [0.25, 0.3) is 0 Å². The van der Waals surface area contributed by atoms with E-state index in [4.69, 9.17) is 4.98 Å². The van der Waals surface area contributed by atoms with Gasteiger partial charge in [0.25, 0.3) is 0 Å². The maximum absolute atomic E-state index is 9.27. The Morgan fingerprint density at radius 3 is 2.62 bits per heavy atom. The number of benzene rings is 1. The average Bonchev–Trinajstić information content (AvgIpc) is 2.60. The van der Waals surface area contributed by atoms with E-state index in [1.165, 1.54) is 11.1 Å². The predicted octanol–water partition coefficient (Wildman–Crippen LogP) is 2.96. The fourth-order valence-corrected chi connectivity index (χ4v) is 2.93. The number of hydrogen-bond acceptors (Lipinski definition) is 5. The number of anilines is 2. The highest BCUT2D eigenvalue weighted by Crippen LogP contribution is 2.26. The molecule has 5 heteroatoms. The van der Waals surface area contributed by atoms with Crippen molar-refractivity contribution in [1.29, 1.82) is 0 Å². The first-order valence-electron chi connectivity index (χ1n) is 8.65. The number of nitrogens with one attached hydrogen (secondary N) is 1. The fourth-order valence-electron chi connectivity index (χ4n) is 2.93. The average molecular weight is 326 g/mol. The van der Waals surface area contributed by atoms with Gasteiger partial charge in [0, 0.05) is 25.2 Å². The summed E-state index contributed by atoms with van der Waals surface area (Å²) in [5.41, 5.74) is 3.82. The maximum atomic E-state index is 9.27. The third-order valence-corrected chi connectivity index (χ3v) is 4.43. The van der Waals surface area contributed by atoms with Gasteiger partial charge in [0.2, 0.25) is 5.95 Å². The van der Waals surface area contributed by atoms with Crippen molar-refractivity contribution in [3.63, 3.8) is 0 Å². The van der Waals surface area contributed by atoms with Crippen molar-refractivity contribution in [2.45, 2.75) is 45.7 Å². The van der Waals surface area contributed by atoms with Crippen LogP contribution in [0.3, 0.4) is 0 Å². The maximum Gasteiger partial charge on any atom is 0.225 e. The number of hydrogen-bond donors (Lipinski definition) is 2. The van der Waals surface area contributed by atoms with Gasteiger partial charge in [0.05, 0.1) is 12.3 Å². The van der Waals surface area contributed by atoms with Gasteiger partial charge in [0.1, 0.15) is 5.82 Å². The summed E-state index contributed by atoms with van der Waals surface area (Å²) in [7, 11) is 0. The second-order valence-electron chi connectivity index (χ2n) is 6.80. The van der Waals surface area contributed by atoms with Crippen LogP contribution in [0.5, 0.6) is 0 Å². The van der Waals surface area contributed by atoms with E-state index >= 15 is 0 Å². The molecule has 1 aliphatic rings. The summed E-state index contributed by atoms with van der Waals surface area (Å²) in [5, 5.41) is 12.5. The SMILES string of the molecule is CC(C)c1cc(N2CCc3ccccc3C2)nc(N[C@H](C)CO)n1. The van der Waals surface area contributed by atoms with Crippen LogP contribution < -0.4 is 10.2 Å². The van der Waals surface area contributed by atoms with Crippen LogP contribution in [0, 0.1) is 0 Å². The molecule has 0 fully saturated rings. The Hall–Kier alpha value is -2.14. The molecule has 0 bridgehead atoms. The summed E-state index contributed by atoms with van der Waals surface area (Å²) in [6, 6.07) is 10.6. The molecule has 1 atom stereocenters. The van der Waals surface area contributed by atoms with Gasteiger partial charge in [-0.05, 0) is 30.4 Å². The minimum Gasteiger partial charge on any atom is -0.394 e. The Bertz CT molecular complexity index is 702. The first-order chi connectivity index (χ1) is 11.6. The molecule has 0 aliphatic carbocycles. The molecule has 0 saturated carbocycles. The van der Waals surface area contributed by atoms with Crippen LogP contribution >= 0.6 is 0 Å². The zero-order valence-electron chi connectivity index (χ0n) is 14.7. The number of aromatic nitrogens is 2. The van der Waals surface area contributed by atoms with E-state index in [0.717, 1.165) is 31.0 Å². The molecule has 24 heavy (non-hydrogen) atoms. The monoisotopic (exact) mass is 326 g/mol. The van der Waals surface area contributed by atoms with Crippen molar-refractivity contribution in [2.24, 2.45) is 0 Å². The first kappa shape index (κ1) is 16.7. The molecular weight excluding hydrogens is 300 g/mol. The van der Waals surface area contributed by atoms with Crippen LogP contribution in [0.4, 0.5) is 11.8 Å². The van der Waals surface area contributed by atoms with Crippen molar-refractivity contribution in [1.82, 2.24) is 9.97 Å². The molecule has 2 heterocycles. The second kappa shape index (κ2) is 7.18. The van der Waals surface area contributed by atoms with Gasteiger partial charge in [-0.1, -0.05) is 38.1 Å². The van der Waals surface area contributed by atoms with E-state index in [0.29, 0.717) is 11.9 Å². The Morgan fingerprint density at radius 2 is 1.92 bits per heavy atom. The van der Waals surface area contributed by atoms with E-state index in [2.05, 4.69) is 59.4 Å². The molecule has 1 aromatic heterocycles. The van der Waals surface area contributed by atoms with Gasteiger partial charge in [0.15, 0.2) is 0 Å². The van der Waals surface area contributed by atoms with Crippen LogP contribution in [0.2, 0.25) is 0 Å². The van der Waals surface area contributed by atoms with Gasteiger partial charge >= 0.3 is 0 Å². The molecule has 0 amide bonds. The lowest BCUT2D eigenvalue weighted by Gasteiger charge is -2.30. The summed E-state index contributed by atoms with van der Waals surface area (Å²) in [6.45, 7) is 8.08. The molecule has 3 rings (SSSR count). The van der Waals surface area contributed by atoms with E-state index in [9.17, 15) is 5.11 Å². The highest BCUT2D eigenvalue weighted by molar-refractivity contribution is 5.48. The van der Waals surface area contributed by atoms with E-state index < -0.39 is 0 Å². The molecule has 2 aromatic rings. The van der Waals surface area contributed by atoms with E-state index in [1.54, 1.807) is 0 Å². The molecule has 2 N–H and O–H groups in total. The van der Waals surface area contributed by atoms with Crippen molar-refractivity contribution in [3.05, 3.63) is 47.2 Å². The minimum atomic E-state index is -0.0673. The highest BCUT2D eigenvalue weighted by atomic mass is 16.3. The summed E-state index contributed by atoms with van der Waals surface area (Å²) < 4.78 is 0. The Morgan fingerprint density at radius 1 is 1.17 bits per heavy atom. The standard InChI is InChI=1S/C19H26N4O/c1-13(2)17-10-18(22-19(21-17)20-14(3)12-24)23-9-8-15-6-4-5-7-16(15)11-23/h4-7,10,13-14,24H,8-9,11-12H2,1-3H3,(H,20,21,22)/t14-/m1/s1. The van der Waals surface area contributed by atoms with Crippen molar-refractivity contribution in [2.75, 3.05) is 23.4 Å². The largest absolute Gasteiger partial charge is 0.394 e. The molecule has 5 nitrogen and oxygen atoms in total. The smallest absolute Gasteiger partial charge is 0.225 e. The molecule has 1 aromatic carbocycles. The van der Waals surface area contributed by atoms with E-state index in [-0.39, 0.29) is 12.6 Å². The number of aliphatic hydroxyl groups excluding tert-OH is 1. The summed E-state index contributed by atoms with van der Waals surface area (Å²) in [5.74, 6) is 1.88. The number of nitrogens with zero attached hydrogens (tertiary/aromatic N) is 3. The van der Waals surface area contributed by atoms with Crippen molar-refractivity contribution >= 4 is 11.8 Å². The third kappa shape index (κ3) is 3.67. The van der Waals surface area contributed by atoms with Crippen molar-refractivity contribution in [3.8, 4) is 0 Å². The molecule has 128 valence electrons. The van der Waals surface area contributed by atoms with E-state index in [1.807, 2.05) is 6.92 Å². The van der Waals surface area contributed by atoms with Gasteiger partial charge < -0.3 is 15.3 Å². The van der Waals surface area contributed by atoms with Crippen LogP contribution in [-0.4, -0.2) is 34.3 Å². The quantitative estimate of drug-likeness (QED) is 0.884. The number of fused-ring (bicyclic) bond motifs is 1. The predicted molar refractivity (Wildman–Crippen MR) is 97.5 cm³/mol. The zero-order valence-corrected chi connectivity index (χ0v) is 14.7. The Kier molecular flexibility index (Phi) is 5.00. The normalized spacial score (nSPS) is 15.3. The highest BCUT2D eigenvalue weighted by Gasteiger charge is 2.19. The molecular formula is C19H26N4O. The molecule has 0 spiro atoms. The van der Waals surface area contributed by atoms with Gasteiger partial charge in [-0.25, -0.2) is 4.98 Å².